The minimum atomic E-state index is -1.20. The van der Waals surface area contributed by atoms with Gasteiger partial charge in [0, 0.05) is 45.7 Å². The van der Waals surface area contributed by atoms with E-state index in [0.29, 0.717) is 37.9 Å². The highest BCUT2D eigenvalue weighted by molar-refractivity contribution is 5.83. The molecule has 4 rings (SSSR count). The van der Waals surface area contributed by atoms with Crippen molar-refractivity contribution in [1.29, 1.82) is 0 Å². The molecular weight excluding hydrogens is 493 g/mol. The highest BCUT2D eigenvalue weighted by Crippen LogP contribution is 2.44. The number of likely N-dealkylation sites (tertiary alicyclic amines) is 1. The van der Waals surface area contributed by atoms with Gasteiger partial charge in [0.15, 0.2) is 0 Å². The number of carbonyl (C=O) groups excluding carboxylic acids is 2. The molecule has 6 nitrogen and oxygen atoms in total. The molecular formula is C29H35F3N4O2. The number of hydrogen-bond donors (Lipinski definition) is 1. The van der Waals surface area contributed by atoms with Gasteiger partial charge in [0.2, 0.25) is 5.91 Å². The van der Waals surface area contributed by atoms with E-state index in [1.165, 1.54) is 11.8 Å². The third kappa shape index (κ3) is 5.72. The first-order chi connectivity index (χ1) is 18.1. The summed E-state index contributed by atoms with van der Waals surface area (Å²) in [6.07, 6.45) is 2.07. The Morgan fingerprint density at radius 2 is 1.89 bits per heavy atom. The van der Waals surface area contributed by atoms with Gasteiger partial charge in [0.25, 0.3) is 0 Å². The van der Waals surface area contributed by atoms with Gasteiger partial charge in [-0.15, -0.1) is 0 Å². The van der Waals surface area contributed by atoms with E-state index in [4.69, 9.17) is 0 Å². The highest BCUT2D eigenvalue weighted by Gasteiger charge is 2.47. The molecule has 204 valence electrons. The van der Waals surface area contributed by atoms with Crippen molar-refractivity contribution in [3.63, 3.8) is 0 Å². The third-order valence-electron chi connectivity index (χ3n) is 7.62. The van der Waals surface area contributed by atoms with Crippen molar-refractivity contribution in [2.75, 3.05) is 40.3 Å². The predicted octanol–water partition coefficient (Wildman–Crippen LogP) is 4.57. The molecule has 2 aromatic carbocycles. The lowest BCUT2D eigenvalue weighted by Gasteiger charge is -2.44. The van der Waals surface area contributed by atoms with Gasteiger partial charge in [-0.3, -0.25) is 4.79 Å². The van der Waals surface area contributed by atoms with Crippen LogP contribution in [0.4, 0.5) is 18.0 Å². The minimum Gasteiger partial charge on any atom is -0.356 e. The van der Waals surface area contributed by atoms with Crippen molar-refractivity contribution >= 4 is 17.5 Å². The number of urea groups is 1. The number of rotatable bonds is 7. The molecule has 2 aliphatic rings. The third-order valence-corrected chi connectivity index (χ3v) is 7.62. The quantitative estimate of drug-likeness (QED) is 0.536. The smallest absolute Gasteiger partial charge is 0.321 e. The Bertz CT molecular complexity index is 1190. The Morgan fingerprint density at radius 3 is 2.58 bits per heavy atom. The van der Waals surface area contributed by atoms with E-state index in [1.807, 2.05) is 48.4 Å². The molecule has 2 aliphatic heterocycles. The molecule has 9 heteroatoms. The molecule has 1 saturated heterocycles. The molecule has 0 aliphatic carbocycles. The largest absolute Gasteiger partial charge is 0.356 e. The summed E-state index contributed by atoms with van der Waals surface area (Å²) in [5, 5.41) is 2.79. The van der Waals surface area contributed by atoms with E-state index >= 15 is 4.39 Å². The number of amides is 3. The first-order valence-electron chi connectivity index (χ1n) is 13.0. The zero-order valence-corrected chi connectivity index (χ0v) is 22.1. The molecule has 0 radical (unpaired) electrons. The molecule has 2 unspecified atom stereocenters. The van der Waals surface area contributed by atoms with Crippen molar-refractivity contribution in [1.82, 2.24) is 20.0 Å². The van der Waals surface area contributed by atoms with E-state index in [0.717, 1.165) is 23.8 Å². The topological polar surface area (TPSA) is 55.9 Å². The summed E-state index contributed by atoms with van der Waals surface area (Å²) in [5.74, 6) is -1.32. The maximum Gasteiger partial charge on any atom is 0.321 e. The number of hydrogen-bond acceptors (Lipinski definition) is 3. The van der Waals surface area contributed by atoms with E-state index in [9.17, 15) is 18.4 Å². The SMILES string of the molecule is CC(=O)NCCC[C@@]1(c2ccccc2)C=C(c2cc(F)ccc2F)CN1C(=O)N(C)C1CCN(C)CC1F. The van der Waals surface area contributed by atoms with Crippen molar-refractivity contribution in [3.8, 4) is 0 Å². The summed E-state index contributed by atoms with van der Waals surface area (Å²) in [6, 6.07) is 11.7. The molecule has 0 saturated carbocycles. The summed E-state index contributed by atoms with van der Waals surface area (Å²) in [7, 11) is 3.46. The second-order valence-electron chi connectivity index (χ2n) is 10.3. The van der Waals surface area contributed by atoms with Crippen LogP contribution < -0.4 is 5.32 Å². The lowest BCUT2D eigenvalue weighted by molar-refractivity contribution is -0.119. The molecule has 2 aromatic rings. The number of nitrogens with one attached hydrogen (secondary N) is 1. The fourth-order valence-corrected chi connectivity index (χ4v) is 5.62. The molecule has 1 fully saturated rings. The lowest BCUT2D eigenvalue weighted by Crippen LogP contribution is -2.57. The molecule has 3 amide bonds. The van der Waals surface area contributed by atoms with Crippen molar-refractivity contribution < 1.29 is 22.8 Å². The molecule has 2 heterocycles. The molecule has 1 N–H and O–H groups in total. The van der Waals surface area contributed by atoms with Gasteiger partial charge >= 0.3 is 6.03 Å². The normalized spacial score (nSPS) is 23.7. The number of piperidine rings is 1. The zero-order valence-electron chi connectivity index (χ0n) is 22.1. The highest BCUT2D eigenvalue weighted by atomic mass is 19.1. The average Bonchev–Trinajstić information content (AvgIpc) is 3.28. The van der Waals surface area contributed by atoms with Crippen LogP contribution in [0.1, 0.15) is 37.3 Å². The van der Waals surface area contributed by atoms with Crippen LogP contribution >= 0.6 is 0 Å². The number of benzene rings is 2. The van der Waals surface area contributed by atoms with Gasteiger partial charge in [-0.05, 0) is 61.7 Å². The Balaban J connectivity index is 1.76. The van der Waals surface area contributed by atoms with Crippen LogP contribution in [0.2, 0.25) is 0 Å². The van der Waals surface area contributed by atoms with Gasteiger partial charge in [-0.1, -0.05) is 30.3 Å². The van der Waals surface area contributed by atoms with E-state index < -0.39 is 29.4 Å². The summed E-state index contributed by atoms with van der Waals surface area (Å²) in [4.78, 5) is 30.6. The van der Waals surface area contributed by atoms with Crippen LogP contribution in [0.25, 0.3) is 5.57 Å². The Kier molecular flexibility index (Phi) is 8.45. The van der Waals surface area contributed by atoms with Gasteiger partial charge in [0.1, 0.15) is 17.8 Å². The lowest BCUT2D eigenvalue weighted by atomic mass is 9.84. The second kappa shape index (κ2) is 11.6. The maximum atomic E-state index is 15.1. The van der Waals surface area contributed by atoms with Gasteiger partial charge in [-0.25, -0.2) is 18.0 Å². The van der Waals surface area contributed by atoms with Crippen LogP contribution in [-0.2, 0) is 10.3 Å². The monoisotopic (exact) mass is 528 g/mol. The summed E-state index contributed by atoms with van der Waals surface area (Å²) >= 11 is 0. The number of alkyl halides is 1. The Hall–Kier alpha value is -3.33. The standard InChI is InChI=1S/C29H35F3N4O2/c1-20(37)33-14-7-13-29(22-8-5-4-6-9-22)17-21(24-16-23(30)10-11-25(24)31)18-36(29)28(38)35(3)27-12-15-34(2)19-26(27)32/h4-6,8-11,16-17,26-27H,7,12-15,18-19H2,1-3H3,(H,33,37)/t26?,27?,29-/m0/s1. The number of halogens is 3. The first-order valence-corrected chi connectivity index (χ1v) is 13.0. The van der Waals surface area contributed by atoms with Crippen LogP contribution in [0, 0.1) is 11.6 Å². The summed E-state index contributed by atoms with van der Waals surface area (Å²) in [5.41, 5.74) is 0.368. The van der Waals surface area contributed by atoms with Crippen LogP contribution in [-0.4, -0.2) is 79.1 Å². The molecule has 0 aromatic heterocycles. The predicted molar refractivity (Wildman–Crippen MR) is 141 cm³/mol. The fourth-order valence-electron chi connectivity index (χ4n) is 5.62. The Labute approximate surface area is 222 Å². The second-order valence-corrected chi connectivity index (χ2v) is 10.3. The fraction of sp³-hybridized carbons (Fsp3) is 0.448. The molecule has 3 atom stereocenters. The van der Waals surface area contributed by atoms with E-state index in [1.54, 1.807) is 11.9 Å². The van der Waals surface area contributed by atoms with E-state index in [-0.39, 0.29) is 30.6 Å². The first kappa shape index (κ1) is 27.7. The zero-order chi connectivity index (χ0) is 27.4. The van der Waals surface area contributed by atoms with Crippen molar-refractivity contribution in [3.05, 3.63) is 77.4 Å². The summed E-state index contributed by atoms with van der Waals surface area (Å²) in [6.45, 7) is 2.76. The van der Waals surface area contributed by atoms with Crippen molar-refractivity contribution in [2.24, 2.45) is 0 Å². The molecule has 38 heavy (non-hydrogen) atoms. The molecule has 0 bridgehead atoms. The van der Waals surface area contributed by atoms with Gasteiger partial charge in [0.05, 0.1) is 11.6 Å². The van der Waals surface area contributed by atoms with Crippen molar-refractivity contribution in [2.45, 2.75) is 43.9 Å². The van der Waals surface area contributed by atoms with Crippen LogP contribution in [0.5, 0.6) is 0 Å². The van der Waals surface area contributed by atoms with Gasteiger partial charge < -0.3 is 20.0 Å². The maximum absolute atomic E-state index is 15.1. The van der Waals surface area contributed by atoms with Crippen LogP contribution in [0.3, 0.4) is 0 Å². The summed E-state index contributed by atoms with van der Waals surface area (Å²) < 4.78 is 44.2. The minimum absolute atomic E-state index is 0.0299. The average molecular weight is 529 g/mol. The number of nitrogens with zero attached hydrogens (tertiary/aromatic N) is 3. The van der Waals surface area contributed by atoms with Gasteiger partial charge in [-0.2, -0.15) is 0 Å². The Morgan fingerprint density at radius 1 is 1.16 bits per heavy atom. The number of carbonyl (C=O) groups is 2. The van der Waals surface area contributed by atoms with E-state index in [2.05, 4.69) is 5.32 Å². The van der Waals surface area contributed by atoms with Crippen LogP contribution in [0.15, 0.2) is 54.6 Å². The molecule has 0 spiro atoms.